The summed E-state index contributed by atoms with van der Waals surface area (Å²) in [4.78, 5) is 12.2. The van der Waals surface area contributed by atoms with E-state index in [4.69, 9.17) is 14.2 Å². The van der Waals surface area contributed by atoms with E-state index in [-0.39, 0.29) is 12.5 Å². The normalized spacial score (nSPS) is 19.9. The lowest BCUT2D eigenvalue weighted by Crippen LogP contribution is -2.32. The predicted molar refractivity (Wildman–Crippen MR) is 83.0 cm³/mol. The molecular formula is C17H21NO4. The van der Waals surface area contributed by atoms with E-state index < -0.39 is 0 Å². The Labute approximate surface area is 130 Å². The number of nitrogens with one attached hydrogen (secondary N) is 1. The fraction of sp³-hybridized carbons (Fsp3) is 0.471. The molecule has 1 saturated heterocycles. The molecule has 0 aromatic heterocycles. The second-order valence-corrected chi connectivity index (χ2v) is 5.51. The van der Waals surface area contributed by atoms with Gasteiger partial charge in [-0.3, -0.25) is 4.79 Å². The SMILES string of the molecule is CCOc1cccc2c1OCC(C(=O)NC[C@H]1CCOC1)=C2. The van der Waals surface area contributed by atoms with Gasteiger partial charge in [0, 0.05) is 24.6 Å². The molecule has 1 atom stereocenters. The molecule has 0 aliphatic carbocycles. The lowest BCUT2D eigenvalue weighted by Gasteiger charge is -2.20. The monoisotopic (exact) mass is 303 g/mol. The number of amides is 1. The third kappa shape index (κ3) is 3.25. The molecule has 0 unspecified atom stereocenters. The number of ether oxygens (including phenoxy) is 3. The van der Waals surface area contributed by atoms with Crippen LogP contribution in [0.1, 0.15) is 18.9 Å². The zero-order chi connectivity index (χ0) is 15.4. The Morgan fingerprint density at radius 3 is 3.14 bits per heavy atom. The van der Waals surface area contributed by atoms with Gasteiger partial charge >= 0.3 is 0 Å². The van der Waals surface area contributed by atoms with Crippen molar-refractivity contribution in [2.75, 3.05) is 33.0 Å². The largest absolute Gasteiger partial charge is 0.490 e. The summed E-state index contributed by atoms with van der Waals surface area (Å²) in [6.45, 7) is 4.96. The maximum Gasteiger partial charge on any atom is 0.250 e. The molecule has 22 heavy (non-hydrogen) atoms. The number of fused-ring (bicyclic) bond motifs is 1. The maximum absolute atomic E-state index is 12.2. The van der Waals surface area contributed by atoms with Crippen LogP contribution in [-0.4, -0.2) is 38.9 Å². The van der Waals surface area contributed by atoms with Crippen LogP contribution in [0.15, 0.2) is 23.8 Å². The van der Waals surface area contributed by atoms with E-state index in [9.17, 15) is 4.79 Å². The minimum Gasteiger partial charge on any atom is -0.490 e. The van der Waals surface area contributed by atoms with Crippen molar-refractivity contribution in [1.82, 2.24) is 5.32 Å². The standard InChI is InChI=1S/C17H21NO4/c1-2-21-15-5-3-4-13-8-14(11-22-16(13)15)17(19)18-9-12-6-7-20-10-12/h3-5,8,12H,2,6-7,9-11H2,1H3,(H,18,19)/t12-/m1/s1. The van der Waals surface area contributed by atoms with Gasteiger partial charge in [-0.1, -0.05) is 12.1 Å². The molecule has 1 aromatic rings. The first-order chi connectivity index (χ1) is 10.8. The predicted octanol–water partition coefficient (Wildman–Crippen LogP) is 2.01. The highest BCUT2D eigenvalue weighted by molar-refractivity contribution is 5.99. The number of hydrogen-bond acceptors (Lipinski definition) is 4. The molecule has 5 nitrogen and oxygen atoms in total. The second-order valence-electron chi connectivity index (χ2n) is 5.51. The number of para-hydroxylation sites is 1. The van der Waals surface area contributed by atoms with Gasteiger partial charge in [0.1, 0.15) is 6.61 Å². The van der Waals surface area contributed by atoms with Crippen molar-refractivity contribution in [1.29, 1.82) is 0 Å². The minimum atomic E-state index is -0.0700. The Balaban J connectivity index is 1.67. The Hall–Kier alpha value is -2.01. The number of carbonyl (C=O) groups excluding carboxylic acids is 1. The molecule has 1 fully saturated rings. The third-order valence-corrected chi connectivity index (χ3v) is 3.88. The van der Waals surface area contributed by atoms with Gasteiger partial charge in [-0.2, -0.15) is 0 Å². The van der Waals surface area contributed by atoms with Gasteiger partial charge in [0.25, 0.3) is 5.91 Å². The van der Waals surface area contributed by atoms with E-state index in [1.54, 1.807) is 0 Å². The fourth-order valence-electron chi connectivity index (χ4n) is 2.68. The zero-order valence-corrected chi connectivity index (χ0v) is 12.8. The van der Waals surface area contributed by atoms with Gasteiger partial charge in [0.05, 0.1) is 18.8 Å². The summed E-state index contributed by atoms with van der Waals surface area (Å²) in [5.74, 6) is 1.79. The zero-order valence-electron chi connectivity index (χ0n) is 12.8. The molecule has 0 radical (unpaired) electrons. The maximum atomic E-state index is 12.2. The van der Waals surface area contributed by atoms with E-state index in [0.29, 0.717) is 30.4 Å². The molecule has 5 heteroatoms. The molecule has 1 N–H and O–H groups in total. The van der Waals surface area contributed by atoms with Crippen molar-refractivity contribution in [2.45, 2.75) is 13.3 Å². The van der Waals surface area contributed by atoms with E-state index in [1.807, 2.05) is 31.2 Å². The Morgan fingerprint density at radius 2 is 2.36 bits per heavy atom. The number of carbonyl (C=O) groups is 1. The summed E-state index contributed by atoms with van der Waals surface area (Å²) >= 11 is 0. The summed E-state index contributed by atoms with van der Waals surface area (Å²) in [5, 5.41) is 2.97. The molecule has 0 spiro atoms. The van der Waals surface area contributed by atoms with Crippen LogP contribution in [-0.2, 0) is 9.53 Å². The highest BCUT2D eigenvalue weighted by Gasteiger charge is 2.22. The lowest BCUT2D eigenvalue weighted by molar-refractivity contribution is -0.117. The van der Waals surface area contributed by atoms with Gasteiger partial charge in [-0.25, -0.2) is 0 Å². The first-order valence-corrected chi connectivity index (χ1v) is 7.73. The van der Waals surface area contributed by atoms with Gasteiger partial charge in [0.2, 0.25) is 0 Å². The van der Waals surface area contributed by atoms with Gasteiger partial charge in [0.15, 0.2) is 11.5 Å². The van der Waals surface area contributed by atoms with Crippen LogP contribution in [0.5, 0.6) is 11.5 Å². The number of benzene rings is 1. The number of rotatable bonds is 5. The van der Waals surface area contributed by atoms with E-state index in [2.05, 4.69) is 5.32 Å². The molecule has 0 bridgehead atoms. The molecule has 118 valence electrons. The van der Waals surface area contributed by atoms with E-state index in [1.165, 1.54) is 0 Å². The Kier molecular flexibility index (Phi) is 4.63. The summed E-state index contributed by atoms with van der Waals surface area (Å²) < 4.78 is 16.6. The first-order valence-electron chi connectivity index (χ1n) is 7.73. The quantitative estimate of drug-likeness (QED) is 0.904. The van der Waals surface area contributed by atoms with Crippen molar-refractivity contribution in [3.05, 3.63) is 29.3 Å². The van der Waals surface area contributed by atoms with Crippen molar-refractivity contribution in [3.63, 3.8) is 0 Å². The summed E-state index contributed by atoms with van der Waals surface area (Å²) in [5.41, 5.74) is 1.52. The third-order valence-electron chi connectivity index (χ3n) is 3.88. The number of hydrogen-bond donors (Lipinski definition) is 1. The summed E-state index contributed by atoms with van der Waals surface area (Å²) in [6, 6.07) is 5.71. The highest BCUT2D eigenvalue weighted by Crippen LogP contribution is 2.35. The Bertz CT molecular complexity index is 576. The van der Waals surface area contributed by atoms with Crippen molar-refractivity contribution < 1.29 is 19.0 Å². The second kappa shape index (κ2) is 6.83. The summed E-state index contributed by atoms with van der Waals surface area (Å²) in [7, 11) is 0. The van der Waals surface area contributed by atoms with Crippen LogP contribution in [0.3, 0.4) is 0 Å². The van der Waals surface area contributed by atoms with Crippen LogP contribution >= 0.6 is 0 Å². The molecule has 3 rings (SSSR count). The Morgan fingerprint density at radius 1 is 1.45 bits per heavy atom. The molecular weight excluding hydrogens is 282 g/mol. The molecule has 2 aliphatic heterocycles. The van der Waals surface area contributed by atoms with Gasteiger partial charge < -0.3 is 19.5 Å². The molecule has 1 aromatic carbocycles. The first kappa shape index (κ1) is 14.9. The van der Waals surface area contributed by atoms with E-state index in [0.717, 1.165) is 30.9 Å². The average molecular weight is 303 g/mol. The molecule has 1 amide bonds. The molecule has 2 heterocycles. The van der Waals surface area contributed by atoms with Gasteiger partial charge in [-0.05, 0) is 25.5 Å². The molecule has 0 saturated carbocycles. The average Bonchev–Trinajstić information content (AvgIpc) is 3.06. The summed E-state index contributed by atoms with van der Waals surface area (Å²) in [6.07, 6.45) is 2.89. The topological polar surface area (TPSA) is 56.8 Å². The van der Waals surface area contributed by atoms with Crippen LogP contribution in [0, 0.1) is 5.92 Å². The van der Waals surface area contributed by atoms with Crippen LogP contribution < -0.4 is 14.8 Å². The minimum absolute atomic E-state index is 0.0700. The van der Waals surface area contributed by atoms with Gasteiger partial charge in [-0.15, -0.1) is 0 Å². The van der Waals surface area contributed by atoms with Crippen LogP contribution in [0.4, 0.5) is 0 Å². The van der Waals surface area contributed by atoms with Crippen molar-refractivity contribution in [2.24, 2.45) is 5.92 Å². The lowest BCUT2D eigenvalue weighted by atomic mass is 10.1. The van der Waals surface area contributed by atoms with Crippen molar-refractivity contribution >= 4 is 12.0 Å². The smallest absolute Gasteiger partial charge is 0.250 e. The van der Waals surface area contributed by atoms with E-state index >= 15 is 0 Å². The van der Waals surface area contributed by atoms with Crippen LogP contribution in [0.25, 0.3) is 6.08 Å². The van der Waals surface area contributed by atoms with Crippen molar-refractivity contribution in [3.8, 4) is 11.5 Å². The molecule has 2 aliphatic rings. The fourth-order valence-corrected chi connectivity index (χ4v) is 2.68. The van der Waals surface area contributed by atoms with Crippen LogP contribution in [0.2, 0.25) is 0 Å². The highest BCUT2D eigenvalue weighted by atomic mass is 16.5.